The number of ether oxygens (including phenoxy) is 1. The van der Waals surface area contributed by atoms with E-state index in [1.54, 1.807) is 7.05 Å². The highest BCUT2D eigenvalue weighted by Gasteiger charge is 2.29. The molecule has 1 amide bonds. The number of fused-ring (bicyclic) bond motifs is 1. The first-order valence-corrected chi connectivity index (χ1v) is 14.6. The van der Waals surface area contributed by atoms with Gasteiger partial charge in [-0.3, -0.25) is 9.48 Å². The van der Waals surface area contributed by atoms with Crippen molar-refractivity contribution in [2.45, 2.75) is 75.7 Å². The molecule has 1 fully saturated rings. The van der Waals surface area contributed by atoms with Crippen LogP contribution >= 0.6 is 0 Å². The molecule has 0 spiro atoms. The summed E-state index contributed by atoms with van der Waals surface area (Å²) in [4.78, 5) is 24.4. The molecule has 212 valence electrons. The van der Waals surface area contributed by atoms with Gasteiger partial charge in [0.05, 0.1) is 4.90 Å². The fourth-order valence-electron chi connectivity index (χ4n) is 4.71. The van der Waals surface area contributed by atoms with Gasteiger partial charge in [-0.25, -0.2) is 22.5 Å². The molecule has 12 nitrogen and oxygen atoms in total. The molecule has 1 saturated carbocycles. The number of aromatic nitrogens is 6. The first-order valence-electron chi connectivity index (χ1n) is 13.1. The fraction of sp³-hybridized carbons (Fsp3) is 0.462. The summed E-state index contributed by atoms with van der Waals surface area (Å²) in [6.45, 7) is 5.56. The summed E-state index contributed by atoms with van der Waals surface area (Å²) in [5.41, 5.74) is 1.12. The summed E-state index contributed by atoms with van der Waals surface area (Å²) in [7, 11) is -2.52. The van der Waals surface area contributed by atoms with Crippen LogP contribution in [0.25, 0.3) is 22.3 Å². The topological polar surface area (TPSA) is 155 Å². The van der Waals surface area contributed by atoms with E-state index >= 15 is 4.39 Å². The molecule has 0 saturated heterocycles. The van der Waals surface area contributed by atoms with Gasteiger partial charge in [0, 0.05) is 30.9 Å². The maximum absolute atomic E-state index is 15.2. The van der Waals surface area contributed by atoms with E-state index in [-0.39, 0.29) is 40.5 Å². The van der Waals surface area contributed by atoms with Crippen molar-refractivity contribution in [3.63, 3.8) is 0 Å². The third-order valence-electron chi connectivity index (χ3n) is 6.94. The Morgan fingerprint density at radius 1 is 1.23 bits per heavy atom. The number of carbonyl (C=O) groups is 1. The predicted octanol–water partition coefficient (Wildman–Crippen LogP) is 4.00. The molecular weight excluding hydrogens is 541 g/mol. The lowest BCUT2D eigenvalue weighted by Crippen LogP contribution is -2.29. The number of aryl methyl sites for hydroxylation is 1. The second-order valence-corrected chi connectivity index (χ2v) is 11.8. The van der Waals surface area contributed by atoms with Crippen LogP contribution < -0.4 is 9.46 Å². The third-order valence-corrected chi connectivity index (χ3v) is 8.31. The SMILES string of the molecule is CCC(=O)NS(=O)(=O)c1ccc(-c2nn(C)c3c(OC4CCC(c5nc(C(C)C)no5)CC4)ncnc23)c(F)c1. The average molecular weight is 572 g/mol. The van der Waals surface area contributed by atoms with E-state index < -0.39 is 21.7 Å². The van der Waals surface area contributed by atoms with E-state index in [9.17, 15) is 13.2 Å². The van der Waals surface area contributed by atoms with Gasteiger partial charge in [-0.05, 0) is 43.9 Å². The molecule has 3 aromatic heterocycles. The molecule has 0 radical (unpaired) electrons. The van der Waals surface area contributed by atoms with E-state index in [1.807, 2.05) is 18.6 Å². The van der Waals surface area contributed by atoms with Crippen LogP contribution in [0.15, 0.2) is 33.9 Å². The number of benzene rings is 1. The number of rotatable bonds is 8. The summed E-state index contributed by atoms with van der Waals surface area (Å²) < 4.78 is 55.2. The van der Waals surface area contributed by atoms with Crippen LogP contribution in [0, 0.1) is 5.82 Å². The lowest BCUT2D eigenvalue weighted by molar-refractivity contribution is -0.119. The van der Waals surface area contributed by atoms with Crippen LogP contribution in [0.5, 0.6) is 5.88 Å². The Morgan fingerprint density at radius 3 is 2.62 bits per heavy atom. The van der Waals surface area contributed by atoms with Gasteiger partial charge in [0.2, 0.25) is 17.7 Å². The number of nitrogens with one attached hydrogen (secondary N) is 1. The van der Waals surface area contributed by atoms with Crippen LogP contribution in [-0.2, 0) is 21.9 Å². The summed E-state index contributed by atoms with van der Waals surface area (Å²) in [5.74, 6) is 0.570. The number of hydrogen-bond donors (Lipinski definition) is 1. The highest BCUT2D eigenvalue weighted by atomic mass is 32.2. The van der Waals surface area contributed by atoms with Crippen molar-refractivity contribution in [3.8, 4) is 17.1 Å². The highest BCUT2D eigenvalue weighted by molar-refractivity contribution is 7.90. The van der Waals surface area contributed by atoms with Crippen molar-refractivity contribution in [1.29, 1.82) is 0 Å². The van der Waals surface area contributed by atoms with Crippen LogP contribution in [0.4, 0.5) is 4.39 Å². The Balaban J connectivity index is 1.35. The van der Waals surface area contributed by atoms with Crippen LogP contribution in [0.3, 0.4) is 0 Å². The van der Waals surface area contributed by atoms with Crippen LogP contribution in [0.1, 0.15) is 76.4 Å². The molecule has 0 atom stereocenters. The van der Waals surface area contributed by atoms with E-state index in [2.05, 4.69) is 25.2 Å². The van der Waals surface area contributed by atoms with E-state index in [0.29, 0.717) is 28.6 Å². The molecule has 0 bridgehead atoms. The quantitative estimate of drug-likeness (QED) is 0.328. The zero-order valence-electron chi connectivity index (χ0n) is 22.6. The van der Waals surface area contributed by atoms with Gasteiger partial charge in [0.15, 0.2) is 5.82 Å². The Morgan fingerprint density at radius 2 is 1.98 bits per heavy atom. The van der Waals surface area contributed by atoms with Crippen molar-refractivity contribution in [2.75, 3.05) is 0 Å². The van der Waals surface area contributed by atoms with Crippen molar-refractivity contribution in [2.24, 2.45) is 7.05 Å². The molecule has 14 heteroatoms. The number of halogens is 1. The van der Waals surface area contributed by atoms with Crippen molar-refractivity contribution in [3.05, 3.63) is 42.1 Å². The van der Waals surface area contributed by atoms with Crippen molar-refractivity contribution < 1.29 is 26.9 Å². The second-order valence-electron chi connectivity index (χ2n) is 10.1. The Labute approximate surface area is 230 Å². The molecule has 1 aromatic carbocycles. The lowest BCUT2D eigenvalue weighted by Gasteiger charge is -2.26. The summed E-state index contributed by atoms with van der Waals surface area (Å²) in [6.07, 6.45) is 4.39. The first-order chi connectivity index (χ1) is 19.1. The van der Waals surface area contributed by atoms with E-state index in [1.165, 1.54) is 30.1 Å². The molecular formula is C26H30FN7O5S. The molecule has 3 heterocycles. The van der Waals surface area contributed by atoms with E-state index in [0.717, 1.165) is 31.7 Å². The molecule has 1 aliphatic rings. The van der Waals surface area contributed by atoms with Crippen molar-refractivity contribution in [1.82, 2.24) is 34.6 Å². The molecule has 4 aromatic rings. The van der Waals surface area contributed by atoms with Crippen LogP contribution in [-0.4, -0.2) is 50.3 Å². The summed E-state index contributed by atoms with van der Waals surface area (Å²) >= 11 is 0. The van der Waals surface area contributed by atoms with Gasteiger partial charge in [-0.15, -0.1) is 0 Å². The smallest absolute Gasteiger partial charge is 0.264 e. The monoisotopic (exact) mass is 571 g/mol. The Kier molecular flexibility index (Phi) is 7.53. The number of hydrogen-bond acceptors (Lipinski definition) is 10. The zero-order chi connectivity index (χ0) is 28.6. The van der Waals surface area contributed by atoms with Crippen LogP contribution in [0.2, 0.25) is 0 Å². The van der Waals surface area contributed by atoms with Gasteiger partial charge in [0.25, 0.3) is 10.0 Å². The van der Waals surface area contributed by atoms with Gasteiger partial charge in [-0.2, -0.15) is 15.1 Å². The number of carbonyl (C=O) groups excluding carboxylic acids is 1. The standard InChI is InChI=1S/C26H30FN7O5S/c1-5-20(35)33-40(36,37)17-10-11-18(19(27)12-17)21-22-23(34(4)31-21)26(29-13-28-22)38-16-8-6-15(7-9-16)25-30-24(14(2)3)32-39-25/h10-16H,5-9H2,1-4H3,(H,33,35). The molecule has 40 heavy (non-hydrogen) atoms. The molecule has 5 rings (SSSR count). The number of amides is 1. The molecule has 1 N–H and O–H groups in total. The Bertz CT molecular complexity index is 1660. The minimum atomic E-state index is -4.20. The normalized spacial score (nSPS) is 17.9. The minimum absolute atomic E-state index is 0.0247. The second kappa shape index (κ2) is 10.9. The first kappa shape index (κ1) is 27.6. The lowest BCUT2D eigenvalue weighted by atomic mass is 9.87. The van der Waals surface area contributed by atoms with Gasteiger partial charge < -0.3 is 9.26 Å². The van der Waals surface area contributed by atoms with Crippen molar-refractivity contribution >= 4 is 27.0 Å². The van der Waals surface area contributed by atoms with Gasteiger partial charge >= 0.3 is 0 Å². The van der Waals surface area contributed by atoms with Gasteiger partial charge in [-0.1, -0.05) is 25.9 Å². The molecule has 0 aliphatic heterocycles. The van der Waals surface area contributed by atoms with Gasteiger partial charge in [0.1, 0.15) is 35.0 Å². The maximum atomic E-state index is 15.2. The zero-order valence-corrected chi connectivity index (χ0v) is 23.4. The predicted molar refractivity (Wildman–Crippen MR) is 141 cm³/mol. The summed E-state index contributed by atoms with van der Waals surface area (Å²) in [5, 5.41) is 8.51. The minimum Gasteiger partial charge on any atom is -0.473 e. The highest BCUT2D eigenvalue weighted by Crippen LogP contribution is 2.37. The molecule has 0 unspecified atom stereocenters. The molecule has 1 aliphatic carbocycles. The summed E-state index contributed by atoms with van der Waals surface area (Å²) in [6, 6.07) is 3.37. The number of nitrogens with zero attached hydrogens (tertiary/aromatic N) is 6. The largest absolute Gasteiger partial charge is 0.473 e. The maximum Gasteiger partial charge on any atom is 0.264 e. The Hall–Kier alpha value is -3.94. The van der Waals surface area contributed by atoms with E-state index in [4.69, 9.17) is 9.26 Å². The fourth-order valence-corrected chi connectivity index (χ4v) is 5.78. The number of sulfonamides is 1. The average Bonchev–Trinajstić information content (AvgIpc) is 3.55. The third kappa shape index (κ3) is 5.40.